The molecule has 2 rings (SSSR count). The van der Waals surface area contributed by atoms with E-state index in [1.54, 1.807) is 0 Å². The normalized spacial score (nSPS) is 23.4. The molecule has 1 aromatic rings. The molecule has 2 unspecified atom stereocenters. The lowest BCUT2D eigenvalue weighted by Gasteiger charge is -2.16. The van der Waals surface area contributed by atoms with E-state index in [0.717, 1.165) is 12.8 Å². The topological polar surface area (TPSA) is 34.1 Å². The summed E-state index contributed by atoms with van der Waals surface area (Å²) >= 11 is 3.68. The molecule has 1 aliphatic heterocycles. The minimum Gasteiger partial charge on any atom is -0.229 e. The number of hydrogen-bond acceptors (Lipinski definition) is 2. The van der Waals surface area contributed by atoms with Gasteiger partial charge in [-0.2, -0.15) is 0 Å². The highest BCUT2D eigenvalue weighted by molar-refractivity contribution is 9.09. The second-order valence-electron chi connectivity index (χ2n) is 5.41. The predicted molar refractivity (Wildman–Crippen MR) is 83.5 cm³/mol. The first-order valence-electron chi connectivity index (χ1n) is 6.95. The average Bonchev–Trinajstić information content (AvgIpc) is 2.76. The summed E-state index contributed by atoms with van der Waals surface area (Å²) in [5.41, 5.74) is 2.56. The maximum absolute atomic E-state index is 11.5. The van der Waals surface area contributed by atoms with E-state index in [0.29, 0.717) is 11.5 Å². The Bertz CT molecular complexity index is 507. The first kappa shape index (κ1) is 15.0. The summed E-state index contributed by atoms with van der Waals surface area (Å²) in [7, 11) is -2.80. The molecule has 1 saturated heterocycles. The van der Waals surface area contributed by atoms with E-state index in [-0.39, 0.29) is 10.7 Å². The Morgan fingerprint density at radius 2 is 2.00 bits per heavy atom. The lowest BCUT2D eigenvalue weighted by Crippen LogP contribution is -2.10. The van der Waals surface area contributed by atoms with E-state index in [2.05, 4.69) is 47.1 Å². The number of hydrogen-bond donors (Lipinski definition) is 0. The fraction of sp³-hybridized carbons (Fsp3) is 0.600. The minimum absolute atomic E-state index is 0.157. The molecular weight excluding hydrogens is 324 g/mol. The standard InChI is InChI=1S/C15H21BrO2S/c1-2-3-4-12-5-7-13(8-6-12)15(16)14-9-10-19(17,18)11-14/h5-8,14-15H,2-4,9-11H2,1H3. The van der Waals surface area contributed by atoms with Crippen molar-refractivity contribution >= 4 is 25.8 Å². The van der Waals surface area contributed by atoms with Crippen molar-refractivity contribution in [3.8, 4) is 0 Å². The summed E-state index contributed by atoms with van der Waals surface area (Å²) < 4.78 is 23.1. The summed E-state index contributed by atoms with van der Waals surface area (Å²) in [5, 5.41) is 0. The summed E-state index contributed by atoms with van der Waals surface area (Å²) in [5.74, 6) is 0.876. The molecule has 4 heteroatoms. The van der Waals surface area contributed by atoms with Crippen LogP contribution in [0, 0.1) is 5.92 Å². The van der Waals surface area contributed by atoms with Crippen molar-refractivity contribution in [2.24, 2.45) is 5.92 Å². The van der Waals surface area contributed by atoms with Crippen LogP contribution >= 0.6 is 15.9 Å². The SMILES string of the molecule is CCCCc1ccc(C(Br)C2CCS(=O)(=O)C2)cc1. The van der Waals surface area contributed by atoms with Gasteiger partial charge in [0.1, 0.15) is 0 Å². The van der Waals surface area contributed by atoms with Gasteiger partial charge in [-0.3, -0.25) is 0 Å². The molecule has 19 heavy (non-hydrogen) atoms. The van der Waals surface area contributed by atoms with Gasteiger partial charge in [0.15, 0.2) is 9.84 Å². The minimum atomic E-state index is -2.80. The Morgan fingerprint density at radius 3 is 2.53 bits per heavy atom. The van der Waals surface area contributed by atoms with Crippen LogP contribution in [-0.2, 0) is 16.3 Å². The molecule has 106 valence electrons. The van der Waals surface area contributed by atoms with Gasteiger partial charge in [-0.15, -0.1) is 0 Å². The van der Waals surface area contributed by atoms with Gasteiger partial charge in [0, 0.05) is 4.83 Å². The van der Waals surface area contributed by atoms with E-state index in [1.807, 2.05) is 0 Å². The average molecular weight is 345 g/mol. The quantitative estimate of drug-likeness (QED) is 0.759. The molecule has 0 spiro atoms. The van der Waals surface area contributed by atoms with Crippen LogP contribution < -0.4 is 0 Å². The second kappa shape index (κ2) is 6.40. The number of halogens is 1. The fourth-order valence-corrected chi connectivity index (χ4v) is 5.42. The number of alkyl halides is 1. The zero-order valence-electron chi connectivity index (χ0n) is 11.3. The number of sulfone groups is 1. The highest BCUT2D eigenvalue weighted by Gasteiger charge is 2.33. The van der Waals surface area contributed by atoms with Crippen LogP contribution in [0.25, 0.3) is 0 Å². The van der Waals surface area contributed by atoms with Crippen molar-refractivity contribution in [2.45, 2.75) is 37.4 Å². The third-order valence-corrected chi connectivity index (χ3v) is 6.87. The molecule has 0 amide bonds. The molecule has 0 N–H and O–H groups in total. The van der Waals surface area contributed by atoms with Crippen LogP contribution in [-0.4, -0.2) is 19.9 Å². The number of benzene rings is 1. The van der Waals surface area contributed by atoms with Gasteiger partial charge < -0.3 is 0 Å². The smallest absolute Gasteiger partial charge is 0.150 e. The van der Waals surface area contributed by atoms with E-state index < -0.39 is 9.84 Å². The largest absolute Gasteiger partial charge is 0.229 e. The van der Waals surface area contributed by atoms with Crippen molar-refractivity contribution in [2.75, 3.05) is 11.5 Å². The highest BCUT2D eigenvalue weighted by Crippen LogP contribution is 2.37. The molecule has 1 aromatic carbocycles. The van der Waals surface area contributed by atoms with Crippen LogP contribution in [0.3, 0.4) is 0 Å². The van der Waals surface area contributed by atoms with Gasteiger partial charge in [0.2, 0.25) is 0 Å². The molecule has 1 aliphatic rings. The Hall–Kier alpha value is -0.350. The predicted octanol–water partition coefficient (Wildman–Crippen LogP) is 3.90. The van der Waals surface area contributed by atoms with Gasteiger partial charge in [-0.25, -0.2) is 8.42 Å². The molecule has 1 heterocycles. The lowest BCUT2D eigenvalue weighted by molar-refractivity contribution is 0.579. The van der Waals surface area contributed by atoms with Crippen LogP contribution in [0.15, 0.2) is 24.3 Å². The third-order valence-electron chi connectivity index (χ3n) is 3.80. The summed E-state index contributed by atoms with van der Waals surface area (Å²) in [4.78, 5) is 0.157. The Labute approximate surface area is 124 Å². The number of rotatable bonds is 5. The Morgan fingerprint density at radius 1 is 1.32 bits per heavy atom. The molecule has 0 radical (unpaired) electrons. The molecule has 2 atom stereocenters. The third kappa shape index (κ3) is 4.06. The summed E-state index contributed by atoms with van der Waals surface area (Å²) in [6.07, 6.45) is 4.33. The maximum Gasteiger partial charge on any atom is 0.150 e. The number of aryl methyl sites for hydroxylation is 1. The van der Waals surface area contributed by atoms with Gasteiger partial charge in [0.05, 0.1) is 11.5 Å². The first-order chi connectivity index (χ1) is 9.02. The van der Waals surface area contributed by atoms with Crippen molar-refractivity contribution in [3.05, 3.63) is 35.4 Å². The summed E-state index contributed by atoms with van der Waals surface area (Å²) in [6.45, 7) is 2.20. The monoisotopic (exact) mass is 344 g/mol. The fourth-order valence-electron chi connectivity index (χ4n) is 2.58. The van der Waals surface area contributed by atoms with Gasteiger partial charge in [0.25, 0.3) is 0 Å². The van der Waals surface area contributed by atoms with Crippen LogP contribution in [0.4, 0.5) is 0 Å². The molecule has 1 fully saturated rings. The van der Waals surface area contributed by atoms with E-state index in [4.69, 9.17) is 0 Å². The highest BCUT2D eigenvalue weighted by atomic mass is 79.9. The molecular formula is C15H21BrO2S. The molecule has 2 nitrogen and oxygen atoms in total. The molecule has 0 aliphatic carbocycles. The van der Waals surface area contributed by atoms with Gasteiger partial charge in [-0.1, -0.05) is 53.5 Å². The van der Waals surface area contributed by atoms with Crippen molar-refractivity contribution in [1.82, 2.24) is 0 Å². The molecule has 0 bridgehead atoms. The first-order valence-corrected chi connectivity index (χ1v) is 9.69. The second-order valence-corrected chi connectivity index (χ2v) is 8.63. The van der Waals surface area contributed by atoms with Crippen molar-refractivity contribution in [3.63, 3.8) is 0 Å². The van der Waals surface area contributed by atoms with Gasteiger partial charge >= 0.3 is 0 Å². The number of unbranched alkanes of at least 4 members (excludes halogenated alkanes) is 1. The molecule has 0 aromatic heterocycles. The zero-order chi connectivity index (χ0) is 13.9. The maximum atomic E-state index is 11.5. The Kier molecular flexibility index (Phi) is 5.07. The van der Waals surface area contributed by atoms with E-state index in [9.17, 15) is 8.42 Å². The summed E-state index contributed by atoms with van der Waals surface area (Å²) in [6, 6.07) is 8.61. The van der Waals surface area contributed by atoms with Crippen molar-refractivity contribution < 1.29 is 8.42 Å². The van der Waals surface area contributed by atoms with Crippen LogP contribution in [0.5, 0.6) is 0 Å². The lowest BCUT2D eigenvalue weighted by atomic mass is 9.97. The van der Waals surface area contributed by atoms with Crippen LogP contribution in [0.2, 0.25) is 0 Å². The zero-order valence-corrected chi connectivity index (χ0v) is 13.7. The Balaban J connectivity index is 2.01. The van der Waals surface area contributed by atoms with E-state index >= 15 is 0 Å². The van der Waals surface area contributed by atoms with Crippen LogP contribution in [0.1, 0.15) is 42.1 Å². The molecule has 0 saturated carbocycles. The van der Waals surface area contributed by atoms with Gasteiger partial charge in [-0.05, 0) is 36.3 Å². The van der Waals surface area contributed by atoms with Crippen molar-refractivity contribution in [1.29, 1.82) is 0 Å². The van der Waals surface area contributed by atoms with E-state index in [1.165, 1.54) is 24.0 Å².